The van der Waals surface area contributed by atoms with Crippen LogP contribution in [0.15, 0.2) is 36.0 Å². The summed E-state index contributed by atoms with van der Waals surface area (Å²) in [6.45, 7) is 3.39. The minimum absolute atomic E-state index is 1.09. The minimum Gasteiger partial charge on any atom is -0.388 e. The molecule has 1 heteroatoms. The van der Waals surface area contributed by atoms with E-state index in [0.29, 0.717) is 0 Å². The Kier molecular flexibility index (Phi) is 4.66. The van der Waals surface area contributed by atoms with Crippen LogP contribution in [0.2, 0.25) is 0 Å². The highest BCUT2D eigenvalue weighted by Gasteiger charge is 2.09. The second-order valence-electron chi connectivity index (χ2n) is 4.87. The molecule has 1 aromatic carbocycles. The molecular weight excluding hydrogens is 206 g/mol. The van der Waals surface area contributed by atoms with Crippen molar-refractivity contribution < 1.29 is 0 Å². The molecule has 0 spiro atoms. The number of benzene rings is 1. The van der Waals surface area contributed by atoms with Crippen LogP contribution >= 0.6 is 0 Å². The fourth-order valence-corrected chi connectivity index (χ4v) is 2.37. The summed E-state index contributed by atoms with van der Waals surface area (Å²) in [6.07, 6.45) is 9.86. The van der Waals surface area contributed by atoms with E-state index in [0.717, 1.165) is 19.4 Å². The molecule has 0 unspecified atom stereocenters. The van der Waals surface area contributed by atoms with Crippen LogP contribution in [0.25, 0.3) is 0 Å². The number of unbranched alkanes of at least 4 members (excludes halogenated alkanes) is 3. The van der Waals surface area contributed by atoms with E-state index >= 15 is 0 Å². The molecule has 0 amide bonds. The lowest BCUT2D eigenvalue weighted by atomic mass is 9.95. The molecule has 2 rings (SSSR count). The molecule has 0 fully saturated rings. The Hall–Kier alpha value is -1.24. The summed E-state index contributed by atoms with van der Waals surface area (Å²) in [5, 5.41) is 3.58. The summed E-state index contributed by atoms with van der Waals surface area (Å²) < 4.78 is 0. The van der Waals surface area contributed by atoms with Crippen LogP contribution in [-0.4, -0.2) is 6.54 Å². The van der Waals surface area contributed by atoms with Crippen LogP contribution in [0.5, 0.6) is 0 Å². The fourth-order valence-electron chi connectivity index (χ4n) is 2.37. The van der Waals surface area contributed by atoms with E-state index in [9.17, 15) is 0 Å². The van der Waals surface area contributed by atoms with Gasteiger partial charge in [-0.2, -0.15) is 0 Å². The van der Waals surface area contributed by atoms with Crippen molar-refractivity contribution in [1.29, 1.82) is 0 Å². The Labute approximate surface area is 105 Å². The summed E-state index contributed by atoms with van der Waals surface area (Å²) in [5.41, 5.74) is 4.40. The average Bonchev–Trinajstić information content (AvgIpc) is 2.38. The Balaban J connectivity index is 1.75. The van der Waals surface area contributed by atoms with Crippen LogP contribution in [0.1, 0.15) is 43.7 Å². The molecule has 0 radical (unpaired) electrons. The molecule has 0 saturated heterocycles. The molecule has 17 heavy (non-hydrogen) atoms. The molecule has 0 saturated carbocycles. The van der Waals surface area contributed by atoms with Gasteiger partial charge in [-0.25, -0.2) is 0 Å². The normalized spacial score (nSPS) is 14.1. The second kappa shape index (κ2) is 6.48. The molecule has 1 aliphatic carbocycles. The molecule has 92 valence electrons. The van der Waals surface area contributed by atoms with E-state index < -0.39 is 0 Å². The molecule has 0 atom stereocenters. The van der Waals surface area contributed by atoms with Gasteiger partial charge in [0.15, 0.2) is 0 Å². The monoisotopic (exact) mass is 229 g/mol. The van der Waals surface area contributed by atoms with Gasteiger partial charge in [-0.1, -0.05) is 56.5 Å². The van der Waals surface area contributed by atoms with Gasteiger partial charge in [0, 0.05) is 18.7 Å². The molecule has 0 aromatic heterocycles. The zero-order valence-electron chi connectivity index (χ0n) is 10.8. The third-order valence-electron chi connectivity index (χ3n) is 3.45. The molecule has 0 heterocycles. The maximum atomic E-state index is 3.58. The highest BCUT2D eigenvalue weighted by atomic mass is 14.9. The Morgan fingerprint density at radius 1 is 1.06 bits per heavy atom. The van der Waals surface area contributed by atoms with Gasteiger partial charge in [-0.15, -0.1) is 0 Å². The van der Waals surface area contributed by atoms with Gasteiger partial charge < -0.3 is 5.32 Å². The average molecular weight is 229 g/mol. The Bertz CT molecular complexity index is 379. The van der Waals surface area contributed by atoms with Gasteiger partial charge in [-0.05, 0) is 24.0 Å². The van der Waals surface area contributed by atoms with Gasteiger partial charge in [-0.3, -0.25) is 0 Å². The number of allylic oxidation sites excluding steroid dienone is 2. The van der Waals surface area contributed by atoms with Crippen LogP contribution in [0.4, 0.5) is 0 Å². The lowest BCUT2D eigenvalue weighted by Gasteiger charge is -2.18. The number of nitrogens with one attached hydrogen (secondary N) is 1. The summed E-state index contributed by atoms with van der Waals surface area (Å²) in [6, 6.07) is 8.77. The standard InChI is InChI=1S/C16H23N/c1-2-3-4-7-12-17-16-11-10-14-8-5-6-9-15(14)13-16/h5-6,8-9,11,17H,2-4,7,10,12-13H2,1H3. The van der Waals surface area contributed by atoms with Crippen molar-refractivity contribution in [2.24, 2.45) is 0 Å². The summed E-state index contributed by atoms with van der Waals surface area (Å²) in [5.74, 6) is 0. The van der Waals surface area contributed by atoms with Crippen molar-refractivity contribution >= 4 is 0 Å². The summed E-state index contributed by atoms with van der Waals surface area (Å²) in [4.78, 5) is 0. The molecule has 1 aliphatic rings. The third kappa shape index (κ3) is 3.62. The SMILES string of the molecule is CCCCCCNC1=CCc2ccccc2C1. The third-order valence-corrected chi connectivity index (χ3v) is 3.45. The molecular formula is C16H23N. The van der Waals surface area contributed by atoms with E-state index in [1.165, 1.54) is 42.5 Å². The Morgan fingerprint density at radius 2 is 1.88 bits per heavy atom. The van der Waals surface area contributed by atoms with Crippen molar-refractivity contribution in [3.8, 4) is 0 Å². The maximum Gasteiger partial charge on any atom is 0.0143 e. The number of hydrogen-bond acceptors (Lipinski definition) is 1. The molecule has 1 aromatic rings. The first-order chi connectivity index (χ1) is 8.40. The minimum atomic E-state index is 1.09. The van der Waals surface area contributed by atoms with Gasteiger partial charge in [0.25, 0.3) is 0 Å². The van der Waals surface area contributed by atoms with E-state index in [1.807, 2.05) is 0 Å². The number of hydrogen-bond donors (Lipinski definition) is 1. The lowest BCUT2D eigenvalue weighted by molar-refractivity contribution is 0.627. The highest BCUT2D eigenvalue weighted by Crippen LogP contribution is 2.19. The maximum absolute atomic E-state index is 3.58. The fraction of sp³-hybridized carbons (Fsp3) is 0.500. The topological polar surface area (TPSA) is 12.0 Å². The predicted octanol–water partition coefficient (Wildman–Crippen LogP) is 3.84. The van der Waals surface area contributed by atoms with Gasteiger partial charge in [0.05, 0.1) is 0 Å². The van der Waals surface area contributed by atoms with E-state index in [-0.39, 0.29) is 0 Å². The van der Waals surface area contributed by atoms with Crippen LogP contribution in [0.3, 0.4) is 0 Å². The van der Waals surface area contributed by atoms with Crippen molar-refractivity contribution in [2.45, 2.75) is 45.4 Å². The van der Waals surface area contributed by atoms with Crippen molar-refractivity contribution in [3.63, 3.8) is 0 Å². The molecule has 1 N–H and O–H groups in total. The quantitative estimate of drug-likeness (QED) is 0.731. The van der Waals surface area contributed by atoms with Crippen LogP contribution < -0.4 is 5.32 Å². The Morgan fingerprint density at radius 3 is 2.71 bits per heavy atom. The zero-order valence-corrected chi connectivity index (χ0v) is 10.8. The number of fused-ring (bicyclic) bond motifs is 1. The van der Waals surface area contributed by atoms with E-state index in [4.69, 9.17) is 0 Å². The van der Waals surface area contributed by atoms with Crippen molar-refractivity contribution in [1.82, 2.24) is 5.32 Å². The van der Waals surface area contributed by atoms with Gasteiger partial charge >= 0.3 is 0 Å². The zero-order chi connectivity index (χ0) is 11.9. The van der Waals surface area contributed by atoms with Gasteiger partial charge in [0.1, 0.15) is 0 Å². The number of rotatable bonds is 6. The lowest BCUT2D eigenvalue weighted by Crippen LogP contribution is -2.19. The largest absolute Gasteiger partial charge is 0.388 e. The van der Waals surface area contributed by atoms with Crippen molar-refractivity contribution in [2.75, 3.05) is 6.54 Å². The smallest absolute Gasteiger partial charge is 0.0143 e. The molecule has 1 nitrogen and oxygen atoms in total. The first kappa shape index (κ1) is 12.2. The predicted molar refractivity (Wildman–Crippen MR) is 74.1 cm³/mol. The van der Waals surface area contributed by atoms with Gasteiger partial charge in [0.2, 0.25) is 0 Å². The van der Waals surface area contributed by atoms with E-state index in [2.05, 4.69) is 42.6 Å². The van der Waals surface area contributed by atoms with Crippen LogP contribution in [-0.2, 0) is 12.8 Å². The molecule has 0 bridgehead atoms. The second-order valence-corrected chi connectivity index (χ2v) is 4.87. The summed E-state index contributed by atoms with van der Waals surface area (Å²) in [7, 11) is 0. The first-order valence-electron chi connectivity index (χ1n) is 6.90. The highest BCUT2D eigenvalue weighted by molar-refractivity contribution is 5.36. The van der Waals surface area contributed by atoms with Crippen molar-refractivity contribution in [3.05, 3.63) is 47.2 Å². The first-order valence-corrected chi connectivity index (χ1v) is 6.90. The molecule has 0 aliphatic heterocycles. The summed E-state index contributed by atoms with van der Waals surface area (Å²) >= 11 is 0. The van der Waals surface area contributed by atoms with E-state index in [1.54, 1.807) is 0 Å². The van der Waals surface area contributed by atoms with Crippen LogP contribution in [0, 0.1) is 0 Å².